The molecule has 1 nitrogen and oxygen atoms in total. The van der Waals surface area contributed by atoms with Gasteiger partial charge in [-0.2, -0.15) is 0 Å². The minimum absolute atomic E-state index is 0.00868. The van der Waals surface area contributed by atoms with Crippen LogP contribution in [0.2, 0.25) is 5.02 Å². The summed E-state index contributed by atoms with van der Waals surface area (Å²) in [6.45, 7) is 1.89. The van der Waals surface area contributed by atoms with E-state index in [1.165, 1.54) is 18.2 Å². The molecule has 19 heavy (non-hydrogen) atoms. The van der Waals surface area contributed by atoms with Crippen LogP contribution in [-0.4, -0.2) is 0 Å². The smallest absolute Gasteiger partial charge is 0.129 e. The number of aryl methyl sites for hydroxylation is 1. The molecular formula is C15H14ClF2N. The molecule has 2 aromatic rings. The highest BCUT2D eigenvalue weighted by atomic mass is 35.5. The topological polar surface area (TPSA) is 26.0 Å². The minimum Gasteiger partial charge on any atom is -0.324 e. The van der Waals surface area contributed by atoms with Gasteiger partial charge in [0, 0.05) is 16.6 Å². The lowest BCUT2D eigenvalue weighted by Crippen LogP contribution is -2.16. The highest BCUT2D eigenvalue weighted by Crippen LogP contribution is 2.25. The maximum absolute atomic E-state index is 13.6. The maximum atomic E-state index is 13.6. The Balaban J connectivity index is 2.31. The van der Waals surface area contributed by atoms with Gasteiger partial charge in [0.1, 0.15) is 11.6 Å². The van der Waals surface area contributed by atoms with Crippen molar-refractivity contribution < 1.29 is 8.78 Å². The second-order valence-corrected chi connectivity index (χ2v) is 4.95. The van der Waals surface area contributed by atoms with E-state index in [4.69, 9.17) is 17.3 Å². The monoisotopic (exact) mass is 281 g/mol. The molecule has 0 saturated carbocycles. The van der Waals surface area contributed by atoms with Crippen molar-refractivity contribution >= 4 is 11.6 Å². The highest BCUT2D eigenvalue weighted by Gasteiger charge is 2.16. The van der Waals surface area contributed by atoms with E-state index in [9.17, 15) is 8.78 Å². The summed E-state index contributed by atoms with van der Waals surface area (Å²) in [5, 5.41) is 0.560. The highest BCUT2D eigenvalue weighted by molar-refractivity contribution is 6.30. The molecule has 4 heteroatoms. The van der Waals surface area contributed by atoms with Gasteiger partial charge in [0.2, 0.25) is 0 Å². The summed E-state index contributed by atoms with van der Waals surface area (Å²) < 4.78 is 27.2. The van der Waals surface area contributed by atoms with E-state index in [0.717, 1.165) is 11.1 Å². The van der Waals surface area contributed by atoms with E-state index in [0.29, 0.717) is 5.02 Å². The number of halogens is 3. The Kier molecular flexibility index (Phi) is 4.17. The quantitative estimate of drug-likeness (QED) is 0.898. The van der Waals surface area contributed by atoms with Gasteiger partial charge in [0.15, 0.2) is 0 Å². The number of nitrogens with two attached hydrogens (primary N) is 1. The first-order valence-corrected chi connectivity index (χ1v) is 6.31. The van der Waals surface area contributed by atoms with Crippen molar-refractivity contribution in [2.45, 2.75) is 19.4 Å². The van der Waals surface area contributed by atoms with Crippen molar-refractivity contribution in [3.8, 4) is 0 Å². The van der Waals surface area contributed by atoms with Crippen molar-refractivity contribution in [3.63, 3.8) is 0 Å². The third-order valence-corrected chi connectivity index (χ3v) is 3.36. The summed E-state index contributed by atoms with van der Waals surface area (Å²) in [7, 11) is 0. The van der Waals surface area contributed by atoms with Crippen LogP contribution in [-0.2, 0) is 6.42 Å². The average molecular weight is 282 g/mol. The van der Waals surface area contributed by atoms with Gasteiger partial charge in [0.25, 0.3) is 0 Å². The molecule has 0 saturated heterocycles. The molecule has 2 aromatic carbocycles. The molecule has 2 rings (SSSR count). The fourth-order valence-electron chi connectivity index (χ4n) is 2.07. The Morgan fingerprint density at radius 3 is 2.42 bits per heavy atom. The van der Waals surface area contributed by atoms with Crippen LogP contribution >= 0.6 is 11.6 Å². The number of hydrogen-bond acceptors (Lipinski definition) is 1. The van der Waals surface area contributed by atoms with E-state index in [1.54, 1.807) is 12.1 Å². The number of rotatable bonds is 3. The van der Waals surface area contributed by atoms with Crippen molar-refractivity contribution in [2.75, 3.05) is 0 Å². The minimum atomic E-state index is -0.574. The lowest BCUT2D eigenvalue weighted by molar-refractivity contribution is 0.539. The Labute approximate surface area is 116 Å². The molecule has 0 heterocycles. The zero-order chi connectivity index (χ0) is 14.0. The van der Waals surface area contributed by atoms with Crippen LogP contribution in [0.4, 0.5) is 8.78 Å². The SMILES string of the molecule is Cc1ccc(Cl)cc1C(N)Cc1c(F)cccc1F. The zero-order valence-electron chi connectivity index (χ0n) is 10.5. The summed E-state index contributed by atoms with van der Waals surface area (Å²) in [5.41, 5.74) is 7.80. The lowest BCUT2D eigenvalue weighted by atomic mass is 9.95. The second kappa shape index (κ2) is 5.68. The summed E-state index contributed by atoms with van der Waals surface area (Å²) >= 11 is 5.92. The molecule has 0 fully saturated rings. The molecule has 0 aliphatic rings. The summed E-state index contributed by atoms with van der Waals surface area (Å²) in [4.78, 5) is 0. The number of benzene rings is 2. The molecular weight excluding hydrogens is 268 g/mol. The van der Waals surface area contributed by atoms with Crippen LogP contribution < -0.4 is 5.73 Å². The summed E-state index contributed by atoms with van der Waals surface area (Å²) in [6.07, 6.45) is 0.0969. The second-order valence-electron chi connectivity index (χ2n) is 4.51. The van der Waals surface area contributed by atoms with Crippen molar-refractivity contribution in [3.05, 3.63) is 69.7 Å². The standard InChI is InChI=1S/C15H14ClF2N/c1-9-5-6-10(16)7-11(9)15(19)8-12-13(17)3-2-4-14(12)18/h2-7,15H,8,19H2,1H3. The molecule has 0 aliphatic carbocycles. The van der Waals surface area contributed by atoms with E-state index < -0.39 is 17.7 Å². The fraction of sp³-hybridized carbons (Fsp3) is 0.200. The van der Waals surface area contributed by atoms with E-state index >= 15 is 0 Å². The van der Waals surface area contributed by atoms with E-state index in [1.807, 2.05) is 13.0 Å². The van der Waals surface area contributed by atoms with Crippen LogP contribution in [0.5, 0.6) is 0 Å². The third kappa shape index (κ3) is 3.11. The molecule has 1 unspecified atom stereocenters. The van der Waals surface area contributed by atoms with Gasteiger partial charge in [-0.1, -0.05) is 23.7 Å². The van der Waals surface area contributed by atoms with Crippen LogP contribution in [0.15, 0.2) is 36.4 Å². The molecule has 0 aliphatic heterocycles. The predicted molar refractivity (Wildman–Crippen MR) is 73.2 cm³/mol. The molecule has 2 N–H and O–H groups in total. The van der Waals surface area contributed by atoms with Crippen LogP contribution in [0.3, 0.4) is 0 Å². The summed E-state index contributed by atoms with van der Waals surface area (Å²) in [6, 6.07) is 8.65. The number of hydrogen-bond donors (Lipinski definition) is 1. The van der Waals surface area contributed by atoms with Gasteiger partial charge in [-0.05, 0) is 48.7 Å². The molecule has 0 radical (unpaired) electrons. The van der Waals surface area contributed by atoms with E-state index in [2.05, 4.69) is 0 Å². The van der Waals surface area contributed by atoms with Gasteiger partial charge in [-0.3, -0.25) is 0 Å². The van der Waals surface area contributed by atoms with Crippen LogP contribution in [0.25, 0.3) is 0 Å². The Morgan fingerprint density at radius 1 is 1.16 bits per heavy atom. The van der Waals surface area contributed by atoms with Gasteiger partial charge < -0.3 is 5.73 Å². The Morgan fingerprint density at radius 2 is 1.79 bits per heavy atom. The first kappa shape index (κ1) is 14.0. The largest absolute Gasteiger partial charge is 0.324 e. The Hall–Kier alpha value is -1.45. The maximum Gasteiger partial charge on any atom is 0.129 e. The van der Waals surface area contributed by atoms with Crippen molar-refractivity contribution in [1.82, 2.24) is 0 Å². The lowest BCUT2D eigenvalue weighted by Gasteiger charge is -2.16. The molecule has 0 aromatic heterocycles. The molecule has 1 atom stereocenters. The normalized spacial score (nSPS) is 12.5. The van der Waals surface area contributed by atoms with Crippen molar-refractivity contribution in [1.29, 1.82) is 0 Å². The summed E-state index contributed by atoms with van der Waals surface area (Å²) in [5.74, 6) is -1.15. The molecule has 100 valence electrons. The predicted octanol–water partition coefficient (Wildman–Crippen LogP) is 4.17. The molecule has 0 bridgehead atoms. The molecule has 0 spiro atoms. The van der Waals surface area contributed by atoms with Crippen LogP contribution in [0.1, 0.15) is 22.7 Å². The van der Waals surface area contributed by atoms with Crippen LogP contribution in [0, 0.1) is 18.6 Å². The van der Waals surface area contributed by atoms with Crippen molar-refractivity contribution in [2.24, 2.45) is 5.73 Å². The van der Waals surface area contributed by atoms with E-state index in [-0.39, 0.29) is 12.0 Å². The zero-order valence-corrected chi connectivity index (χ0v) is 11.2. The van der Waals surface area contributed by atoms with Gasteiger partial charge in [-0.25, -0.2) is 8.78 Å². The third-order valence-electron chi connectivity index (χ3n) is 3.13. The fourth-order valence-corrected chi connectivity index (χ4v) is 2.25. The average Bonchev–Trinajstić information content (AvgIpc) is 2.37. The van der Waals surface area contributed by atoms with Gasteiger partial charge in [0.05, 0.1) is 0 Å². The Bertz CT molecular complexity index is 578. The first-order valence-electron chi connectivity index (χ1n) is 5.93. The molecule has 0 amide bonds. The van der Waals surface area contributed by atoms with Gasteiger partial charge in [-0.15, -0.1) is 0 Å². The first-order chi connectivity index (χ1) is 8.99. The van der Waals surface area contributed by atoms with Gasteiger partial charge >= 0.3 is 0 Å².